The molecule has 0 fully saturated rings. The van der Waals surface area contributed by atoms with E-state index in [1.165, 1.54) is 11.3 Å². The van der Waals surface area contributed by atoms with Crippen molar-refractivity contribution in [1.82, 2.24) is 0 Å². The van der Waals surface area contributed by atoms with Crippen LogP contribution in [0.2, 0.25) is 0 Å². The Morgan fingerprint density at radius 2 is 2.45 bits per heavy atom. The van der Waals surface area contributed by atoms with E-state index in [9.17, 15) is 9.90 Å². The van der Waals surface area contributed by atoms with Crippen LogP contribution >= 0.6 is 11.3 Å². The van der Waals surface area contributed by atoms with Crippen LogP contribution in [0.4, 0.5) is 0 Å². The number of rotatable bonds is 3. The normalized spacial score (nSPS) is 8.36. The molecule has 0 N–H and O–H groups in total. The van der Waals surface area contributed by atoms with Crippen molar-refractivity contribution in [1.29, 1.82) is 0 Å². The van der Waals surface area contributed by atoms with Crippen molar-refractivity contribution in [2.75, 3.05) is 6.61 Å². The molecule has 3 nitrogen and oxygen atoms in total. The van der Waals surface area contributed by atoms with E-state index in [-0.39, 0.29) is 25.5 Å². The molecule has 0 saturated carbocycles. The Bertz CT molecular complexity index is 210. The number of hydrogen-bond acceptors (Lipinski definition) is 4. The van der Waals surface area contributed by atoms with Crippen molar-refractivity contribution < 1.29 is 33.5 Å². The molecule has 0 saturated heterocycles. The maximum atomic E-state index is 9.86. The number of aliphatic carboxylic acids is 1. The number of carbonyl (C=O) groups is 1. The van der Waals surface area contributed by atoms with Crippen LogP contribution in [-0.4, -0.2) is 12.6 Å². The van der Waals surface area contributed by atoms with Crippen LogP contribution in [0.3, 0.4) is 0 Å². The van der Waals surface area contributed by atoms with E-state index in [0.29, 0.717) is 5.75 Å². The minimum absolute atomic E-state index is 0. The molecule has 0 atom stereocenters. The molecule has 0 aromatic carbocycles. The van der Waals surface area contributed by atoms with E-state index >= 15 is 0 Å². The summed E-state index contributed by atoms with van der Waals surface area (Å²) in [4.78, 5) is 9.86. The molecule has 0 aliphatic heterocycles. The Hall–Kier alpha value is -0.433. The standard InChI is InChI=1S/C6H6O3S.Li/c7-6(8)3-9-5-1-2-10-4-5;/h1-2,4H,3H2,(H,7,8);/q;+1/p-1. The molecule has 0 bridgehead atoms. The van der Waals surface area contributed by atoms with E-state index in [1.54, 1.807) is 11.4 Å². The Morgan fingerprint density at radius 3 is 2.91 bits per heavy atom. The van der Waals surface area contributed by atoms with Gasteiger partial charge in [-0.05, 0) is 11.4 Å². The minimum Gasteiger partial charge on any atom is -0.546 e. The van der Waals surface area contributed by atoms with Crippen LogP contribution < -0.4 is 28.7 Å². The van der Waals surface area contributed by atoms with Gasteiger partial charge in [-0.15, -0.1) is 11.3 Å². The molecule has 1 aromatic heterocycles. The zero-order valence-corrected chi connectivity index (χ0v) is 6.89. The molecule has 1 heterocycles. The number of carboxylic acid groups (broad SMARTS) is 1. The Morgan fingerprint density at radius 1 is 1.73 bits per heavy atom. The first kappa shape index (κ1) is 10.6. The van der Waals surface area contributed by atoms with Gasteiger partial charge >= 0.3 is 18.9 Å². The van der Waals surface area contributed by atoms with Crippen molar-refractivity contribution in [2.45, 2.75) is 0 Å². The van der Waals surface area contributed by atoms with Gasteiger partial charge in [-0.25, -0.2) is 0 Å². The van der Waals surface area contributed by atoms with Crippen LogP contribution in [0.5, 0.6) is 5.75 Å². The Labute approximate surface area is 80.2 Å². The van der Waals surface area contributed by atoms with Crippen LogP contribution in [0.15, 0.2) is 16.8 Å². The summed E-state index contributed by atoms with van der Waals surface area (Å²) in [6.07, 6.45) is 0. The van der Waals surface area contributed by atoms with Crippen molar-refractivity contribution in [3.8, 4) is 5.75 Å². The first-order valence-corrected chi connectivity index (χ1v) is 3.58. The maximum absolute atomic E-state index is 9.86. The number of ether oxygens (including phenoxy) is 1. The predicted octanol–water partition coefficient (Wildman–Crippen LogP) is -3.12. The molecule has 11 heavy (non-hydrogen) atoms. The fourth-order valence-electron chi connectivity index (χ4n) is 0.476. The summed E-state index contributed by atoms with van der Waals surface area (Å²) >= 11 is 1.45. The number of thiophene rings is 1. The summed E-state index contributed by atoms with van der Waals surface area (Å²) in [5, 5.41) is 13.4. The summed E-state index contributed by atoms with van der Waals surface area (Å²) in [6, 6.07) is 1.70. The van der Waals surface area contributed by atoms with Crippen LogP contribution in [0.25, 0.3) is 0 Å². The second kappa shape index (κ2) is 5.25. The van der Waals surface area contributed by atoms with Crippen LogP contribution in [-0.2, 0) is 4.79 Å². The van der Waals surface area contributed by atoms with Crippen molar-refractivity contribution in [2.24, 2.45) is 0 Å². The maximum Gasteiger partial charge on any atom is 1.00 e. The number of carboxylic acids is 1. The summed E-state index contributed by atoms with van der Waals surface area (Å²) in [5.74, 6) is -0.625. The molecule has 0 amide bonds. The smallest absolute Gasteiger partial charge is 0.546 e. The quantitative estimate of drug-likeness (QED) is 0.444. The van der Waals surface area contributed by atoms with Gasteiger partial charge < -0.3 is 14.6 Å². The first-order valence-electron chi connectivity index (χ1n) is 2.64. The van der Waals surface area contributed by atoms with E-state index in [1.807, 2.05) is 5.38 Å². The van der Waals surface area contributed by atoms with Crippen molar-refractivity contribution >= 4 is 17.3 Å². The van der Waals surface area contributed by atoms with Gasteiger partial charge in [0, 0.05) is 5.38 Å². The summed E-state index contributed by atoms with van der Waals surface area (Å²) in [6.45, 7) is -0.378. The fraction of sp³-hybridized carbons (Fsp3) is 0.167. The minimum atomic E-state index is -1.20. The van der Waals surface area contributed by atoms with Gasteiger partial charge in [0.05, 0.1) is 5.97 Å². The predicted molar refractivity (Wildman–Crippen MR) is 34.8 cm³/mol. The van der Waals surface area contributed by atoms with Gasteiger partial charge in [0.2, 0.25) is 0 Å². The van der Waals surface area contributed by atoms with Crippen LogP contribution in [0, 0.1) is 0 Å². The first-order chi connectivity index (χ1) is 4.79. The monoisotopic (exact) mass is 164 g/mol. The molecule has 1 aromatic rings. The fourth-order valence-corrected chi connectivity index (χ4v) is 1.05. The number of carbonyl (C=O) groups excluding carboxylic acids is 1. The third kappa shape index (κ3) is 4.09. The van der Waals surface area contributed by atoms with Gasteiger partial charge in [-0.1, -0.05) is 0 Å². The molecular weight excluding hydrogens is 159 g/mol. The second-order valence-corrected chi connectivity index (χ2v) is 2.40. The SMILES string of the molecule is O=C([O-])COc1ccsc1.[Li+]. The third-order valence-corrected chi connectivity index (χ3v) is 1.51. The van der Waals surface area contributed by atoms with Crippen molar-refractivity contribution in [3.05, 3.63) is 16.8 Å². The topological polar surface area (TPSA) is 49.4 Å². The molecule has 54 valence electrons. The average Bonchev–Trinajstić information content (AvgIpc) is 2.34. The molecule has 5 heteroatoms. The molecule has 0 unspecified atom stereocenters. The summed E-state index contributed by atoms with van der Waals surface area (Å²) in [7, 11) is 0. The molecule has 0 aliphatic rings. The van der Waals surface area contributed by atoms with E-state index in [2.05, 4.69) is 0 Å². The van der Waals surface area contributed by atoms with E-state index in [4.69, 9.17) is 4.74 Å². The molecule has 0 radical (unpaired) electrons. The van der Waals surface area contributed by atoms with Gasteiger partial charge in [0.15, 0.2) is 0 Å². The summed E-state index contributed by atoms with van der Waals surface area (Å²) in [5.41, 5.74) is 0. The van der Waals surface area contributed by atoms with Gasteiger partial charge in [-0.2, -0.15) is 0 Å². The zero-order valence-electron chi connectivity index (χ0n) is 6.07. The molecule has 0 aliphatic carbocycles. The van der Waals surface area contributed by atoms with Crippen LogP contribution in [0.1, 0.15) is 0 Å². The van der Waals surface area contributed by atoms with E-state index < -0.39 is 5.97 Å². The second-order valence-electron chi connectivity index (χ2n) is 1.62. The number of hydrogen-bond donors (Lipinski definition) is 0. The van der Waals surface area contributed by atoms with Gasteiger partial charge in [-0.3, -0.25) is 0 Å². The largest absolute Gasteiger partial charge is 1.00 e. The molecule has 0 spiro atoms. The zero-order chi connectivity index (χ0) is 7.40. The third-order valence-electron chi connectivity index (χ3n) is 0.852. The average molecular weight is 164 g/mol. The van der Waals surface area contributed by atoms with Gasteiger partial charge in [0.25, 0.3) is 0 Å². The van der Waals surface area contributed by atoms with Gasteiger partial charge in [0.1, 0.15) is 12.4 Å². The molecule has 1 rings (SSSR count). The summed E-state index contributed by atoms with van der Waals surface area (Å²) < 4.78 is 4.76. The van der Waals surface area contributed by atoms with Crippen molar-refractivity contribution in [3.63, 3.8) is 0 Å². The molecular formula is C6H5LiO3S. The Kier molecular flexibility index (Phi) is 5.04. The Balaban J connectivity index is 0.000001000. The van der Waals surface area contributed by atoms with E-state index in [0.717, 1.165) is 0 Å².